The van der Waals surface area contributed by atoms with Gasteiger partial charge >= 0.3 is 0 Å². The highest BCUT2D eigenvalue weighted by Gasteiger charge is 2.12. The standard InChI is InChI=1S/C7H12NS2.HI/c1-4-8-6(2)5-10-7(8)9-3;/h5H,4H2,1-3H3;1H/q+1;/p-1. The Labute approximate surface area is 93.2 Å². The van der Waals surface area contributed by atoms with Crippen molar-refractivity contribution in [1.29, 1.82) is 0 Å². The summed E-state index contributed by atoms with van der Waals surface area (Å²) >= 11 is 3.65. The van der Waals surface area contributed by atoms with Gasteiger partial charge in [-0.2, -0.15) is 4.57 Å². The molecule has 1 heterocycles. The van der Waals surface area contributed by atoms with Gasteiger partial charge in [0.2, 0.25) is 0 Å². The topological polar surface area (TPSA) is 3.88 Å². The number of thiazole rings is 1. The van der Waals surface area contributed by atoms with E-state index in [0.29, 0.717) is 0 Å². The van der Waals surface area contributed by atoms with Crippen molar-refractivity contribution in [1.82, 2.24) is 0 Å². The van der Waals surface area contributed by atoms with Crippen molar-refractivity contribution in [2.45, 2.75) is 24.7 Å². The molecule has 64 valence electrons. The fraction of sp³-hybridized carbons (Fsp3) is 0.571. The summed E-state index contributed by atoms with van der Waals surface area (Å²) in [5.41, 5.74) is 1.37. The number of aryl methyl sites for hydroxylation is 1. The van der Waals surface area contributed by atoms with Crippen molar-refractivity contribution >= 4 is 23.1 Å². The van der Waals surface area contributed by atoms with E-state index in [1.807, 2.05) is 23.1 Å². The minimum atomic E-state index is 0. The largest absolute Gasteiger partial charge is 1.00 e. The highest BCUT2D eigenvalue weighted by Crippen LogP contribution is 2.17. The van der Waals surface area contributed by atoms with Gasteiger partial charge in [0.05, 0.1) is 5.38 Å². The molecule has 1 nitrogen and oxygen atoms in total. The first-order valence-corrected chi connectivity index (χ1v) is 5.42. The van der Waals surface area contributed by atoms with Crippen molar-refractivity contribution in [3.05, 3.63) is 11.1 Å². The number of nitrogens with zero attached hydrogens (tertiary/aromatic N) is 1. The number of rotatable bonds is 2. The molecule has 0 fully saturated rings. The lowest BCUT2D eigenvalue weighted by atomic mass is 10.5. The van der Waals surface area contributed by atoms with Crippen LogP contribution in [0.5, 0.6) is 0 Å². The molecule has 0 saturated carbocycles. The van der Waals surface area contributed by atoms with Gasteiger partial charge in [0, 0.05) is 6.92 Å². The van der Waals surface area contributed by atoms with Crippen LogP contribution in [0.3, 0.4) is 0 Å². The minimum Gasteiger partial charge on any atom is -1.00 e. The summed E-state index contributed by atoms with van der Waals surface area (Å²) < 4.78 is 3.73. The third-order valence-corrected chi connectivity index (χ3v) is 3.71. The first kappa shape index (κ1) is 11.7. The first-order chi connectivity index (χ1) is 4.79. The fourth-order valence-electron chi connectivity index (χ4n) is 0.944. The molecule has 0 radical (unpaired) electrons. The van der Waals surface area contributed by atoms with Crippen molar-refractivity contribution in [3.63, 3.8) is 0 Å². The molecule has 1 rings (SSSR count). The summed E-state index contributed by atoms with van der Waals surface area (Å²) in [6.07, 6.45) is 2.12. The maximum Gasteiger partial charge on any atom is 0.297 e. The van der Waals surface area contributed by atoms with Crippen molar-refractivity contribution in [2.75, 3.05) is 6.26 Å². The summed E-state index contributed by atoms with van der Waals surface area (Å²) in [7, 11) is 0. The molecular formula is C7H12INS2. The Morgan fingerprint density at radius 2 is 2.27 bits per heavy atom. The number of aromatic nitrogens is 1. The zero-order chi connectivity index (χ0) is 7.56. The third kappa shape index (κ3) is 2.59. The van der Waals surface area contributed by atoms with Crippen molar-refractivity contribution in [3.8, 4) is 0 Å². The molecule has 0 amide bonds. The van der Waals surface area contributed by atoms with E-state index in [0.717, 1.165) is 6.54 Å². The van der Waals surface area contributed by atoms with Crippen LogP contribution >= 0.6 is 23.1 Å². The lowest BCUT2D eigenvalue weighted by Crippen LogP contribution is -3.00. The number of thioether (sulfide) groups is 1. The Hall–Kier alpha value is 0.710. The molecule has 0 aromatic carbocycles. The molecule has 0 saturated heterocycles. The Balaban J connectivity index is 0.000001000. The summed E-state index contributed by atoms with van der Waals surface area (Å²) in [5.74, 6) is 0. The zero-order valence-corrected chi connectivity index (χ0v) is 10.7. The Bertz CT molecular complexity index is 222. The molecule has 0 atom stereocenters. The van der Waals surface area contributed by atoms with E-state index < -0.39 is 0 Å². The van der Waals surface area contributed by atoms with Crippen LogP contribution in [0.1, 0.15) is 12.6 Å². The number of hydrogen-bond donors (Lipinski definition) is 0. The van der Waals surface area contributed by atoms with Gasteiger partial charge in [0.15, 0.2) is 5.69 Å². The summed E-state index contributed by atoms with van der Waals surface area (Å²) in [6.45, 7) is 5.42. The Kier molecular flexibility index (Phi) is 5.72. The quantitative estimate of drug-likeness (QED) is 0.389. The molecule has 0 spiro atoms. The smallest absolute Gasteiger partial charge is 0.297 e. The molecule has 11 heavy (non-hydrogen) atoms. The van der Waals surface area contributed by atoms with E-state index in [9.17, 15) is 0 Å². The second-order valence-corrected chi connectivity index (χ2v) is 4.00. The highest BCUT2D eigenvalue weighted by atomic mass is 127. The highest BCUT2D eigenvalue weighted by molar-refractivity contribution is 8.00. The van der Waals surface area contributed by atoms with Gasteiger partial charge < -0.3 is 24.0 Å². The molecule has 0 aliphatic heterocycles. The van der Waals surface area contributed by atoms with Gasteiger partial charge in [-0.1, -0.05) is 11.3 Å². The van der Waals surface area contributed by atoms with Crippen LogP contribution in [0.4, 0.5) is 0 Å². The van der Waals surface area contributed by atoms with Gasteiger partial charge in [0.25, 0.3) is 4.34 Å². The van der Waals surface area contributed by atoms with E-state index in [1.165, 1.54) is 10.0 Å². The van der Waals surface area contributed by atoms with E-state index in [1.54, 1.807) is 0 Å². The summed E-state index contributed by atoms with van der Waals surface area (Å²) in [4.78, 5) is 0. The second-order valence-electron chi connectivity index (χ2n) is 2.09. The van der Waals surface area contributed by atoms with E-state index in [-0.39, 0.29) is 24.0 Å². The molecule has 1 aromatic heterocycles. The monoisotopic (exact) mass is 301 g/mol. The van der Waals surface area contributed by atoms with Gasteiger partial charge in [-0.05, 0) is 24.9 Å². The van der Waals surface area contributed by atoms with Gasteiger partial charge in [-0.15, -0.1) is 0 Å². The first-order valence-electron chi connectivity index (χ1n) is 3.31. The normalized spacial score (nSPS) is 9.36. The van der Waals surface area contributed by atoms with Gasteiger partial charge in [-0.25, -0.2) is 0 Å². The molecule has 4 heteroatoms. The van der Waals surface area contributed by atoms with Crippen LogP contribution in [0.15, 0.2) is 9.72 Å². The average molecular weight is 301 g/mol. The molecule has 0 N–H and O–H groups in total. The Morgan fingerprint density at radius 1 is 1.64 bits per heavy atom. The molecule has 0 aliphatic carbocycles. The van der Waals surface area contributed by atoms with Gasteiger partial charge in [0.1, 0.15) is 6.54 Å². The summed E-state index contributed by atoms with van der Waals surface area (Å²) in [5, 5.41) is 2.20. The number of hydrogen-bond acceptors (Lipinski definition) is 2. The zero-order valence-electron chi connectivity index (χ0n) is 6.93. The average Bonchev–Trinajstić information content (AvgIpc) is 2.30. The predicted molar refractivity (Wildman–Crippen MR) is 46.7 cm³/mol. The van der Waals surface area contributed by atoms with E-state index in [4.69, 9.17) is 0 Å². The molecule has 0 unspecified atom stereocenters. The van der Waals surface area contributed by atoms with Gasteiger partial charge in [-0.3, -0.25) is 0 Å². The molecule has 0 bridgehead atoms. The second kappa shape index (κ2) is 5.37. The molecular weight excluding hydrogens is 289 g/mol. The van der Waals surface area contributed by atoms with E-state index >= 15 is 0 Å². The van der Waals surface area contributed by atoms with Crippen LogP contribution in [0.25, 0.3) is 0 Å². The van der Waals surface area contributed by atoms with Crippen molar-refractivity contribution < 1.29 is 28.5 Å². The van der Waals surface area contributed by atoms with Crippen molar-refractivity contribution in [2.24, 2.45) is 0 Å². The lowest BCUT2D eigenvalue weighted by Gasteiger charge is -1.90. The molecule has 1 aromatic rings. The minimum absolute atomic E-state index is 0. The lowest BCUT2D eigenvalue weighted by molar-refractivity contribution is -0.728. The SMILES string of the molecule is CC[n+]1c(C)csc1SC.[I-]. The van der Waals surface area contributed by atoms with Crippen LogP contribution in [0, 0.1) is 6.92 Å². The van der Waals surface area contributed by atoms with Crippen LogP contribution < -0.4 is 28.5 Å². The maximum absolute atomic E-state index is 2.33. The summed E-state index contributed by atoms with van der Waals surface area (Å²) in [6, 6.07) is 0. The van der Waals surface area contributed by atoms with Crippen LogP contribution in [-0.2, 0) is 6.54 Å². The fourth-order valence-corrected chi connectivity index (χ4v) is 2.77. The van der Waals surface area contributed by atoms with Crippen LogP contribution in [-0.4, -0.2) is 6.26 Å². The Morgan fingerprint density at radius 3 is 2.64 bits per heavy atom. The van der Waals surface area contributed by atoms with E-state index in [2.05, 4.69) is 30.1 Å². The van der Waals surface area contributed by atoms with Crippen LogP contribution in [0.2, 0.25) is 0 Å². The predicted octanol–water partition coefficient (Wildman–Crippen LogP) is -0.910. The maximum atomic E-state index is 2.33. The molecule has 0 aliphatic rings. The number of halogens is 1. The third-order valence-electron chi connectivity index (χ3n) is 1.47.